The van der Waals surface area contributed by atoms with E-state index in [0.717, 1.165) is 82.3 Å². The maximum Gasteiger partial charge on any atom is 0.519 e. The fourth-order valence-electron chi connectivity index (χ4n) is 12.9. The maximum atomic E-state index is 12.3. The van der Waals surface area contributed by atoms with Gasteiger partial charge < -0.3 is 84.4 Å². The van der Waals surface area contributed by atoms with Gasteiger partial charge in [-0.15, -0.1) is 21.0 Å². The quantitative estimate of drug-likeness (QED) is 0.0106. The molecule has 1 aliphatic heterocycles. The van der Waals surface area contributed by atoms with Crippen molar-refractivity contribution >= 4 is 63.0 Å². The molecule has 0 bridgehead atoms. The molecule has 122 heavy (non-hydrogen) atoms. The van der Waals surface area contributed by atoms with Crippen molar-refractivity contribution in [2.24, 2.45) is 35.1 Å². The number of halogens is 1. The van der Waals surface area contributed by atoms with Crippen molar-refractivity contribution in [3.8, 4) is 23.0 Å². The van der Waals surface area contributed by atoms with Crippen LogP contribution in [-0.2, 0) is 38.0 Å². The number of carbonyl (C=O) groups is 7. The van der Waals surface area contributed by atoms with Crippen molar-refractivity contribution in [3.63, 3.8) is 0 Å². The number of aliphatic hydroxyl groups excluding tert-OH is 2. The Bertz CT molecular complexity index is 3410. The summed E-state index contributed by atoms with van der Waals surface area (Å²) in [6.45, 7) is 37.7. The first-order valence-corrected chi connectivity index (χ1v) is 46.3. The molecule has 4 aromatic carbocycles. The monoisotopic (exact) mass is 1760 g/mol. The number of Topliss-reactive ketones (excluding diaryl/α,β-unsaturated/α-hetero) is 2. The van der Waals surface area contributed by atoms with E-state index in [1.165, 1.54) is 148 Å². The van der Waals surface area contributed by atoms with E-state index in [2.05, 4.69) is 33.4 Å². The van der Waals surface area contributed by atoms with Crippen molar-refractivity contribution in [2.75, 3.05) is 85.8 Å². The standard InChI is InChI=1S/C21H33NO4.C21H31NO4.C16H25NO2.C16H23NO2.C10H18O5.C4H8O2.C4H8O.C2H7P.C2H6.ClH/c2*1-21(2,3)26-20(24)22-13-12-19(23)17-10-7-11-18(14-17)25-15-16-8-5-4-6-9-16;2*17-10-9-16(18)14-7-4-8-15(11-14)19-12-13-5-2-1-3-6-13;1-9(2,3)14-7(11)13-8(12)15-10(4,5)6;1-3-6-4(2)5;1-2-4-5-3-1;1-3-2;1-2;/h7,10-11,14,16,19,23H,4-6,8-9,12-13,15H2,1-3H3,(H,22,24);7,10-11,14,16H,4-6,8-9,12-13,15H2,1-3H3,(H,22,24);4,7-8,11,13,16,18H,1-3,5-6,9-10,12,17H2;4,7-8,11,13H,1-3,5-6,9-10,12,17H2;1-6H3;3H2,1-2H3;1-4H2;3H,1-2H3;1-2H3;1H/i;;;;;;;;1D;. The van der Waals surface area contributed by atoms with Crippen LogP contribution in [0.1, 0.15) is 323 Å². The lowest BCUT2D eigenvalue weighted by Gasteiger charge is -2.22. The first-order chi connectivity index (χ1) is 57.8. The number of aliphatic hydroxyl groups is 2. The second-order valence-corrected chi connectivity index (χ2v) is 35.6. The zero-order valence-electron chi connectivity index (χ0n) is 78.4. The molecule has 9 rings (SSSR count). The Morgan fingerprint density at radius 2 is 0.779 bits per heavy atom. The largest absolute Gasteiger partial charge is 0.519 e. The number of ether oxygens (including phenoxy) is 11. The second kappa shape index (κ2) is 67.1. The van der Waals surface area contributed by atoms with Gasteiger partial charge in [0.1, 0.15) is 45.4 Å². The van der Waals surface area contributed by atoms with Crippen LogP contribution in [0.5, 0.6) is 23.0 Å². The van der Waals surface area contributed by atoms with Crippen LogP contribution in [0.3, 0.4) is 0 Å². The number of ketones is 2. The van der Waals surface area contributed by atoms with Gasteiger partial charge in [0.15, 0.2) is 11.6 Å². The number of esters is 1. The van der Waals surface area contributed by atoms with Gasteiger partial charge in [0.25, 0.3) is 0 Å². The molecule has 0 radical (unpaired) electrons. The summed E-state index contributed by atoms with van der Waals surface area (Å²) in [4.78, 5) is 79.2. The van der Waals surface area contributed by atoms with Gasteiger partial charge in [-0.2, -0.15) is 0 Å². The fourth-order valence-corrected chi connectivity index (χ4v) is 12.9. The zero-order valence-corrected chi connectivity index (χ0v) is 79.2. The van der Waals surface area contributed by atoms with Crippen LogP contribution in [0.4, 0.5) is 19.2 Å². The lowest BCUT2D eigenvalue weighted by molar-refractivity contribution is -0.140. The summed E-state index contributed by atoms with van der Waals surface area (Å²) in [6, 6.07) is 30.1. The van der Waals surface area contributed by atoms with Gasteiger partial charge in [0.2, 0.25) is 0 Å². The van der Waals surface area contributed by atoms with E-state index in [4.69, 9.17) is 55.5 Å². The van der Waals surface area contributed by atoms with E-state index >= 15 is 0 Å². The first kappa shape index (κ1) is 113. The average Bonchev–Trinajstić information content (AvgIpc) is 0.956. The Hall–Kier alpha value is -7.31. The Morgan fingerprint density at radius 3 is 1.07 bits per heavy atom. The van der Waals surface area contributed by atoms with Crippen LogP contribution in [0, 0.1) is 23.7 Å². The van der Waals surface area contributed by atoms with Gasteiger partial charge in [0.05, 0.1) is 45.2 Å². The minimum Gasteiger partial charge on any atom is -0.493 e. The van der Waals surface area contributed by atoms with Crippen LogP contribution in [0.15, 0.2) is 97.1 Å². The van der Waals surface area contributed by atoms with Crippen LogP contribution < -0.4 is 41.0 Å². The number of hydrogen-bond donors (Lipinski definition) is 6. The topological polar surface area (TPSA) is 338 Å². The SMILES string of the molecule is C1CCOC1.CC(C)(C)OC(=O)NCCC(=O)c1cccc(OCC2CCCCC2)c1.CC(C)(C)OC(=O)NCCC(O)c1cccc(OCC2CCCCC2)c1.CC(C)(C)OC(=O)OC(=O)OC(C)(C)C.CCOC(C)=O.CPC.Cl.NCCC(=O)c1cccc(OCC2CCCCC2)c1.NCCC(O)c1cccc(OCC2CCCCC2)c1.[2H]CC. The molecule has 26 heteroatoms. The molecule has 4 aromatic rings. The molecule has 1 saturated heterocycles. The molecule has 2 atom stereocenters. The minimum absolute atomic E-state index is 0. The molecule has 2 amide bonds. The summed E-state index contributed by atoms with van der Waals surface area (Å²) in [6.07, 6.45) is 26.0. The highest BCUT2D eigenvalue weighted by molar-refractivity contribution is 7.35. The number of benzene rings is 4. The van der Waals surface area contributed by atoms with Gasteiger partial charge in [0, 0.05) is 58.6 Å². The predicted octanol–water partition coefficient (Wildman–Crippen LogP) is 22.2. The number of carbonyl (C=O) groups excluding carboxylic acids is 7. The van der Waals surface area contributed by atoms with Gasteiger partial charge in [-0.05, 0) is 277 Å². The number of amides is 2. The minimum atomic E-state index is -1.06. The molecule has 8 N–H and O–H groups in total. The van der Waals surface area contributed by atoms with Crippen LogP contribution in [0.2, 0.25) is 0 Å². The van der Waals surface area contributed by atoms with E-state index in [-0.39, 0.29) is 42.9 Å². The Kier molecular flexibility index (Phi) is 62.0. The molecule has 2 unspecified atom stereocenters. The summed E-state index contributed by atoms with van der Waals surface area (Å²) in [5.41, 5.74) is 11.4. The van der Waals surface area contributed by atoms with E-state index in [1.807, 2.05) is 106 Å². The average molecular weight is 1760 g/mol. The van der Waals surface area contributed by atoms with Crippen LogP contribution >= 0.6 is 21.0 Å². The maximum absolute atomic E-state index is 12.3. The number of rotatable bonds is 27. The van der Waals surface area contributed by atoms with Gasteiger partial charge in [-0.25, -0.2) is 19.2 Å². The highest BCUT2D eigenvalue weighted by Gasteiger charge is 2.26. The number of alkyl carbamates (subject to hydrolysis) is 2. The molecule has 5 aliphatic rings. The lowest BCUT2D eigenvalue weighted by atomic mass is 9.90. The van der Waals surface area contributed by atoms with Crippen LogP contribution in [0.25, 0.3) is 0 Å². The van der Waals surface area contributed by atoms with E-state index < -0.39 is 59.1 Å². The van der Waals surface area contributed by atoms with Crippen molar-refractivity contribution in [2.45, 2.75) is 312 Å². The molecule has 5 fully saturated rings. The first-order valence-electron chi connectivity index (χ1n) is 45.0. The molecule has 4 saturated carbocycles. The van der Waals surface area contributed by atoms with E-state index in [0.29, 0.717) is 87.2 Å². The third-order valence-electron chi connectivity index (χ3n) is 18.7. The molecular weight excluding hydrogens is 1600 g/mol. The third kappa shape index (κ3) is 61.9. The predicted molar refractivity (Wildman–Crippen MR) is 492 cm³/mol. The van der Waals surface area contributed by atoms with Crippen molar-refractivity contribution < 1.29 is 97.3 Å². The van der Waals surface area contributed by atoms with Crippen molar-refractivity contribution in [1.29, 1.82) is 0 Å². The fraction of sp³-hybridized carbons (Fsp3) is 0.677. The summed E-state index contributed by atoms with van der Waals surface area (Å²) >= 11 is 0. The smallest absolute Gasteiger partial charge is 0.493 e. The zero-order chi connectivity index (χ0) is 91.2. The molecule has 0 aromatic heterocycles. The Morgan fingerprint density at radius 1 is 0.467 bits per heavy atom. The molecule has 696 valence electrons. The number of nitrogens with one attached hydrogen (secondary N) is 2. The summed E-state index contributed by atoms with van der Waals surface area (Å²) in [5, 5.41) is 25.6. The normalized spacial score (nSPS) is 15.3. The highest BCUT2D eigenvalue weighted by atomic mass is 35.5. The number of hydrogen-bond acceptors (Lipinski definition) is 22. The molecule has 0 spiro atoms. The molecule has 1 heterocycles. The van der Waals surface area contributed by atoms with Gasteiger partial charge in [-0.1, -0.05) is 139 Å². The molecule has 24 nitrogen and oxygen atoms in total. The third-order valence-corrected chi connectivity index (χ3v) is 18.7. The highest BCUT2D eigenvalue weighted by Crippen LogP contribution is 2.31. The molecular formula is C96H160ClN4O20P. The summed E-state index contributed by atoms with van der Waals surface area (Å²) in [7, 11) is 1.08. The van der Waals surface area contributed by atoms with Gasteiger partial charge >= 0.3 is 30.5 Å². The number of nitrogens with two attached hydrogens (primary N) is 2. The second-order valence-electron chi connectivity index (χ2n) is 34.6. The Labute approximate surface area is 742 Å². The summed E-state index contributed by atoms with van der Waals surface area (Å²) in [5.74, 6) is 5.70. The van der Waals surface area contributed by atoms with Crippen molar-refractivity contribution in [1.82, 2.24) is 10.6 Å². The molecule has 4 aliphatic carbocycles. The van der Waals surface area contributed by atoms with E-state index in [1.54, 1.807) is 88.3 Å². The lowest BCUT2D eigenvalue weighted by Crippen LogP contribution is -2.33. The summed E-state index contributed by atoms with van der Waals surface area (Å²) < 4.78 is 63.2. The van der Waals surface area contributed by atoms with Crippen LogP contribution in [-0.4, -0.2) is 160 Å². The van der Waals surface area contributed by atoms with Gasteiger partial charge in [-0.3, -0.25) is 14.4 Å². The van der Waals surface area contributed by atoms with Crippen molar-refractivity contribution in [3.05, 3.63) is 119 Å². The van der Waals surface area contributed by atoms with E-state index in [9.17, 15) is 43.8 Å². The Balaban J connectivity index is 0.00000145.